The van der Waals surface area contributed by atoms with Crippen LogP contribution >= 0.6 is 11.8 Å². The van der Waals surface area contributed by atoms with Gasteiger partial charge in [0.15, 0.2) is 5.17 Å². The van der Waals surface area contributed by atoms with Gasteiger partial charge in [0.2, 0.25) is 0 Å². The van der Waals surface area contributed by atoms with Crippen molar-refractivity contribution in [3.05, 3.63) is 0 Å². The van der Waals surface area contributed by atoms with Crippen molar-refractivity contribution >= 4 is 16.9 Å². The minimum atomic E-state index is 0.460. The summed E-state index contributed by atoms with van der Waals surface area (Å²) in [5.41, 5.74) is 0. The molecule has 0 amide bonds. The van der Waals surface area contributed by atoms with E-state index in [1.807, 2.05) is 11.8 Å². The van der Waals surface area contributed by atoms with Gasteiger partial charge in [-0.3, -0.25) is 4.99 Å². The van der Waals surface area contributed by atoms with E-state index < -0.39 is 0 Å². The Morgan fingerprint density at radius 1 is 1.47 bits per heavy atom. The Kier molecular flexibility index (Phi) is 5.16. The molecule has 1 N–H and O–H groups in total. The first-order valence-corrected chi connectivity index (χ1v) is 7.74. The van der Waals surface area contributed by atoms with Gasteiger partial charge in [-0.25, -0.2) is 0 Å². The van der Waals surface area contributed by atoms with Gasteiger partial charge in [-0.05, 0) is 32.1 Å². The van der Waals surface area contributed by atoms with Crippen LogP contribution in [0.2, 0.25) is 0 Å². The van der Waals surface area contributed by atoms with E-state index in [-0.39, 0.29) is 0 Å². The lowest BCUT2D eigenvalue weighted by atomic mass is 9.86. The zero-order valence-electron chi connectivity index (χ0n) is 10.9. The zero-order chi connectivity index (χ0) is 12.1. The molecule has 2 rings (SSSR count). The third kappa shape index (κ3) is 3.88. The molecule has 3 atom stereocenters. The normalized spacial score (nSPS) is 30.4. The van der Waals surface area contributed by atoms with E-state index >= 15 is 0 Å². The van der Waals surface area contributed by atoms with Crippen LogP contribution in [0, 0.1) is 5.92 Å². The third-order valence-electron chi connectivity index (χ3n) is 3.71. The van der Waals surface area contributed by atoms with E-state index in [0.29, 0.717) is 12.1 Å². The highest BCUT2D eigenvalue weighted by Crippen LogP contribution is 2.33. The lowest BCUT2D eigenvalue weighted by Crippen LogP contribution is -2.38. The molecule has 0 aromatic heterocycles. The molecule has 1 saturated carbocycles. The first-order chi connectivity index (χ1) is 8.29. The Morgan fingerprint density at radius 2 is 2.29 bits per heavy atom. The molecule has 3 nitrogen and oxygen atoms in total. The number of rotatable bonds is 4. The van der Waals surface area contributed by atoms with Gasteiger partial charge in [0.05, 0.1) is 6.04 Å². The highest BCUT2D eigenvalue weighted by Gasteiger charge is 2.29. The first kappa shape index (κ1) is 13.2. The van der Waals surface area contributed by atoms with Crippen molar-refractivity contribution in [2.24, 2.45) is 10.9 Å². The molecule has 0 aromatic rings. The Labute approximate surface area is 109 Å². The van der Waals surface area contributed by atoms with Gasteiger partial charge < -0.3 is 10.1 Å². The summed E-state index contributed by atoms with van der Waals surface area (Å²) in [5.74, 6) is 2.10. The van der Waals surface area contributed by atoms with E-state index in [4.69, 9.17) is 9.73 Å². The van der Waals surface area contributed by atoms with Crippen molar-refractivity contribution < 1.29 is 4.74 Å². The number of hydrogen-bond acceptors (Lipinski definition) is 4. The lowest BCUT2D eigenvalue weighted by molar-refractivity contribution is 0.187. The average molecular weight is 256 g/mol. The van der Waals surface area contributed by atoms with Crippen LogP contribution in [0.25, 0.3) is 0 Å². The number of aliphatic imine (C=N–C) groups is 1. The van der Waals surface area contributed by atoms with Gasteiger partial charge in [0.25, 0.3) is 0 Å². The molecule has 1 aliphatic carbocycles. The Morgan fingerprint density at radius 3 is 3.12 bits per heavy atom. The van der Waals surface area contributed by atoms with E-state index in [2.05, 4.69) is 12.2 Å². The summed E-state index contributed by atoms with van der Waals surface area (Å²) in [6, 6.07) is 1.06. The van der Waals surface area contributed by atoms with Crippen molar-refractivity contribution in [1.29, 1.82) is 0 Å². The van der Waals surface area contributed by atoms with Crippen LogP contribution in [0.15, 0.2) is 4.99 Å². The summed E-state index contributed by atoms with van der Waals surface area (Å²) >= 11 is 1.91. The monoisotopic (exact) mass is 256 g/mol. The smallest absolute Gasteiger partial charge is 0.157 e. The largest absolute Gasteiger partial charge is 0.385 e. The number of amidine groups is 1. The fourth-order valence-corrected chi connectivity index (χ4v) is 3.84. The fourth-order valence-electron chi connectivity index (χ4n) is 2.58. The Balaban J connectivity index is 1.82. The lowest BCUT2D eigenvalue weighted by Gasteiger charge is -2.33. The van der Waals surface area contributed by atoms with E-state index in [1.165, 1.54) is 31.4 Å². The SMILES string of the molecule is COCCC(C)NC1=NC2CCCCC2CS1. The second-order valence-electron chi connectivity index (χ2n) is 5.18. The standard InChI is InChI=1S/C13H24N2OS/c1-10(7-8-16-2)14-13-15-12-6-4-3-5-11(12)9-17-13/h10-12H,3-9H2,1-2H3,(H,14,15). The molecule has 0 saturated heterocycles. The molecule has 4 heteroatoms. The van der Waals surface area contributed by atoms with Crippen LogP contribution in [0.1, 0.15) is 39.0 Å². The van der Waals surface area contributed by atoms with Crippen LogP contribution in [-0.4, -0.2) is 36.7 Å². The van der Waals surface area contributed by atoms with Crippen LogP contribution < -0.4 is 5.32 Å². The summed E-state index contributed by atoms with van der Waals surface area (Å²) in [6.45, 7) is 3.02. The zero-order valence-corrected chi connectivity index (χ0v) is 11.8. The van der Waals surface area contributed by atoms with Crippen molar-refractivity contribution in [2.75, 3.05) is 19.5 Å². The van der Waals surface area contributed by atoms with Crippen molar-refractivity contribution in [3.63, 3.8) is 0 Å². The highest BCUT2D eigenvalue weighted by molar-refractivity contribution is 8.13. The van der Waals surface area contributed by atoms with Crippen LogP contribution in [0.4, 0.5) is 0 Å². The summed E-state index contributed by atoms with van der Waals surface area (Å²) < 4.78 is 5.10. The molecule has 3 unspecified atom stereocenters. The quantitative estimate of drug-likeness (QED) is 0.839. The summed E-state index contributed by atoms with van der Waals surface area (Å²) in [6.07, 6.45) is 6.49. The molecule has 0 bridgehead atoms. The van der Waals surface area contributed by atoms with Crippen molar-refractivity contribution in [2.45, 2.75) is 51.1 Å². The highest BCUT2D eigenvalue weighted by atomic mass is 32.2. The van der Waals surface area contributed by atoms with E-state index in [0.717, 1.165) is 24.1 Å². The third-order valence-corrected chi connectivity index (χ3v) is 4.80. The summed E-state index contributed by atoms with van der Waals surface area (Å²) in [5, 5.41) is 4.68. The number of methoxy groups -OCH3 is 1. The number of nitrogens with one attached hydrogen (secondary N) is 1. The summed E-state index contributed by atoms with van der Waals surface area (Å²) in [4.78, 5) is 4.88. The maximum atomic E-state index is 5.10. The molecule has 0 spiro atoms. The second-order valence-corrected chi connectivity index (χ2v) is 6.19. The molecular formula is C13H24N2OS. The van der Waals surface area contributed by atoms with Crippen LogP contribution in [0.3, 0.4) is 0 Å². The number of hydrogen-bond donors (Lipinski definition) is 1. The first-order valence-electron chi connectivity index (χ1n) is 6.75. The van der Waals surface area contributed by atoms with Crippen molar-refractivity contribution in [3.8, 4) is 0 Å². The predicted octanol–water partition coefficient (Wildman–Crippen LogP) is 2.66. The molecule has 2 aliphatic rings. The van der Waals surface area contributed by atoms with Gasteiger partial charge >= 0.3 is 0 Å². The Hall–Kier alpha value is -0.220. The molecule has 98 valence electrons. The molecule has 1 aliphatic heterocycles. The number of nitrogens with zero attached hydrogens (tertiary/aromatic N) is 1. The van der Waals surface area contributed by atoms with Crippen LogP contribution in [0.5, 0.6) is 0 Å². The van der Waals surface area contributed by atoms with Crippen molar-refractivity contribution in [1.82, 2.24) is 5.32 Å². The van der Waals surface area contributed by atoms with Gasteiger partial charge in [-0.15, -0.1) is 0 Å². The number of thioether (sulfide) groups is 1. The van der Waals surface area contributed by atoms with Crippen LogP contribution in [-0.2, 0) is 4.74 Å². The van der Waals surface area contributed by atoms with Gasteiger partial charge in [-0.1, -0.05) is 24.6 Å². The molecule has 1 fully saturated rings. The van der Waals surface area contributed by atoms with E-state index in [1.54, 1.807) is 7.11 Å². The number of ether oxygens (including phenoxy) is 1. The fraction of sp³-hybridized carbons (Fsp3) is 0.923. The molecule has 17 heavy (non-hydrogen) atoms. The molecular weight excluding hydrogens is 232 g/mol. The minimum absolute atomic E-state index is 0.460. The van der Waals surface area contributed by atoms with Gasteiger partial charge in [0.1, 0.15) is 0 Å². The number of fused-ring (bicyclic) bond motifs is 1. The second kappa shape index (κ2) is 6.64. The molecule has 0 radical (unpaired) electrons. The molecule has 1 heterocycles. The minimum Gasteiger partial charge on any atom is -0.385 e. The van der Waals surface area contributed by atoms with Gasteiger partial charge in [0, 0.05) is 25.5 Å². The average Bonchev–Trinajstić information content (AvgIpc) is 2.36. The summed E-state index contributed by atoms with van der Waals surface area (Å²) in [7, 11) is 1.76. The Bertz CT molecular complexity index is 270. The van der Waals surface area contributed by atoms with E-state index in [9.17, 15) is 0 Å². The maximum Gasteiger partial charge on any atom is 0.157 e. The predicted molar refractivity (Wildman–Crippen MR) is 74.7 cm³/mol. The topological polar surface area (TPSA) is 33.6 Å². The maximum absolute atomic E-state index is 5.10. The van der Waals surface area contributed by atoms with Gasteiger partial charge in [-0.2, -0.15) is 0 Å². The molecule has 0 aromatic carbocycles.